The van der Waals surface area contributed by atoms with Gasteiger partial charge in [-0.1, -0.05) is 114 Å². The first kappa shape index (κ1) is 21.8. The third-order valence-corrected chi connectivity index (χ3v) is 9.35. The van der Waals surface area contributed by atoms with Gasteiger partial charge in [-0.2, -0.15) is 0 Å². The van der Waals surface area contributed by atoms with E-state index in [2.05, 4.69) is 110 Å². The van der Waals surface area contributed by atoms with Crippen LogP contribution in [0.5, 0.6) is 0 Å². The fourth-order valence-electron chi connectivity index (χ4n) is 4.08. The summed E-state index contributed by atoms with van der Waals surface area (Å²) in [5, 5.41) is 2.48. The monoisotopic (exact) mass is 410 g/mol. The Morgan fingerprint density at radius 1 is 0.800 bits per heavy atom. The molecule has 0 aliphatic heterocycles. The van der Waals surface area contributed by atoms with Gasteiger partial charge in [-0.05, 0) is 28.8 Å². The molecule has 2 heteroatoms. The summed E-state index contributed by atoms with van der Waals surface area (Å²) in [7, 11) is -0.744. The lowest BCUT2D eigenvalue weighted by molar-refractivity contribution is 0.425. The first-order valence-electron chi connectivity index (χ1n) is 10.4. The van der Waals surface area contributed by atoms with Crippen molar-refractivity contribution in [2.75, 3.05) is 7.11 Å². The molecule has 3 aromatic rings. The minimum atomic E-state index is -2.59. The SMILES string of the molecule is C=CC/C(=C\[Si](OC)(c1ccccc1)c1ccccc1)C(CC=C)c1ccccc1. The molecule has 3 rings (SSSR count). The van der Waals surface area contributed by atoms with E-state index >= 15 is 0 Å². The highest BCUT2D eigenvalue weighted by atomic mass is 28.4. The zero-order chi connectivity index (χ0) is 21.2. The lowest BCUT2D eigenvalue weighted by atomic mass is 9.87. The Balaban J connectivity index is 2.24. The van der Waals surface area contributed by atoms with Gasteiger partial charge in [-0.25, -0.2) is 0 Å². The lowest BCUT2D eigenvalue weighted by Crippen LogP contribution is -2.59. The molecule has 0 N–H and O–H groups in total. The smallest absolute Gasteiger partial charge is 0.280 e. The van der Waals surface area contributed by atoms with Crippen molar-refractivity contribution in [3.63, 3.8) is 0 Å². The normalized spacial score (nSPS) is 12.9. The van der Waals surface area contributed by atoms with E-state index < -0.39 is 8.32 Å². The van der Waals surface area contributed by atoms with Crippen molar-refractivity contribution in [1.29, 1.82) is 0 Å². The maximum atomic E-state index is 6.45. The van der Waals surface area contributed by atoms with Crippen LogP contribution in [0.1, 0.15) is 24.3 Å². The molecule has 0 bridgehead atoms. The predicted molar refractivity (Wildman–Crippen MR) is 132 cm³/mol. The molecule has 1 atom stereocenters. The highest BCUT2D eigenvalue weighted by Crippen LogP contribution is 2.32. The molecular weight excluding hydrogens is 380 g/mol. The van der Waals surface area contributed by atoms with E-state index in [1.807, 2.05) is 19.3 Å². The van der Waals surface area contributed by atoms with Crippen LogP contribution < -0.4 is 10.4 Å². The van der Waals surface area contributed by atoms with Gasteiger partial charge in [0.1, 0.15) is 0 Å². The molecule has 0 aliphatic rings. The van der Waals surface area contributed by atoms with Crippen molar-refractivity contribution in [2.24, 2.45) is 0 Å². The molecule has 0 spiro atoms. The highest BCUT2D eigenvalue weighted by molar-refractivity contribution is 7.01. The fourth-order valence-corrected chi connectivity index (χ4v) is 7.55. The van der Waals surface area contributed by atoms with Crippen molar-refractivity contribution in [3.05, 3.63) is 133 Å². The molecule has 30 heavy (non-hydrogen) atoms. The van der Waals surface area contributed by atoms with Gasteiger partial charge in [0.05, 0.1) is 0 Å². The summed E-state index contributed by atoms with van der Waals surface area (Å²) in [6.45, 7) is 8.07. The molecule has 0 radical (unpaired) electrons. The number of hydrogen-bond donors (Lipinski definition) is 0. The van der Waals surface area contributed by atoms with E-state index in [1.54, 1.807) is 0 Å². The minimum Gasteiger partial charge on any atom is -0.408 e. The van der Waals surface area contributed by atoms with E-state index in [9.17, 15) is 0 Å². The molecule has 0 aliphatic carbocycles. The van der Waals surface area contributed by atoms with Crippen molar-refractivity contribution in [2.45, 2.75) is 18.8 Å². The first-order valence-corrected chi connectivity index (χ1v) is 12.4. The standard InChI is InChI=1S/C28H30OSi/c1-4-15-25(28(16-5-2)24-17-9-6-10-18-24)23-30(29-3,26-19-11-7-12-20-26)27-21-13-8-14-22-27/h4-14,17-23,28H,1-2,15-16H2,3H3/b25-23+. The topological polar surface area (TPSA) is 9.23 Å². The van der Waals surface area contributed by atoms with Crippen LogP contribution in [0.2, 0.25) is 0 Å². The van der Waals surface area contributed by atoms with Crippen LogP contribution >= 0.6 is 0 Å². The van der Waals surface area contributed by atoms with Gasteiger partial charge in [0.15, 0.2) is 0 Å². The van der Waals surface area contributed by atoms with Crippen LogP contribution in [0.15, 0.2) is 128 Å². The molecule has 1 unspecified atom stereocenters. The Hall–Kier alpha value is -2.94. The average Bonchev–Trinajstić information content (AvgIpc) is 2.82. The van der Waals surface area contributed by atoms with Crippen molar-refractivity contribution < 1.29 is 4.43 Å². The molecule has 0 amide bonds. The third kappa shape index (κ3) is 4.78. The molecule has 0 fully saturated rings. The van der Waals surface area contributed by atoms with Gasteiger partial charge in [0, 0.05) is 13.0 Å². The summed E-state index contributed by atoms with van der Waals surface area (Å²) >= 11 is 0. The second-order valence-corrected chi connectivity index (χ2v) is 10.7. The number of rotatable bonds is 10. The van der Waals surface area contributed by atoms with Crippen molar-refractivity contribution >= 4 is 18.7 Å². The summed E-state index contributed by atoms with van der Waals surface area (Å²) in [5.41, 5.74) is 5.06. The molecule has 0 saturated heterocycles. The summed E-state index contributed by atoms with van der Waals surface area (Å²) in [6.07, 6.45) is 5.69. The Bertz CT molecular complexity index is 922. The van der Waals surface area contributed by atoms with Crippen LogP contribution in [0.4, 0.5) is 0 Å². The van der Waals surface area contributed by atoms with Crippen LogP contribution in [-0.2, 0) is 4.43 Å². The highest BCUT2D eigenvalue weighted by Gasteiger charge is 2.37. The zero-order valence-electron chi connectivity index (χ0n) is 17.7. The maximum absolute atomic E-state index is 6.45. The molecule has 0 saturated carbocycles. The molecule has 0 heterocycles. The number of allylic oxidation sites excluding steroid dienone is 3. The van der Waals surface area contributed by atoms with Gasteiger partial charge >= 0.3 is 0 Å². The van der Waals surface area contributed by atoms with Gasteiger partial charge in [0.2, 0.25) is 0 Å². The summed E-state index contributed by atoms with van der Waals surface area (Å²) in [6, 6.07) is 31.9. The second kappa shape index (κ2) is 10.7. The van der Waals surface area contributed by atoms with Crippen molar-refractivity contribution in [3.8, 4) is 0 Å². The summed E-state index contributed by atoms with van der Waals surface area (Å²) in [4.78, 5) is 0. The Labute approximate surface area is 182 Å². The second-order valence-electron chi connectivity index (χ2n) is 7.37. The van der Waals surface area contributed by atoms with E-state index in [1.165, 1.54) is 21.5 Å². The summed E-state index contributed by atoms with van der Waals surface area (Å²) in [5.74, 6) is 0.246. The number of benzene rings is 3. The number of hydrogen-bond acceptors (Lipinski definition) is 1. The van der Waals surface area contributed by atoms with E-state index in [4.69, 9.17) is 4.43 Å². The molecule has 3 aromatic carbocycles. The maximum Gasteiger partial charge on any atom is 0.280 e. The van der Waals surface area contributed by atoms with Crippen LogP contribution in [0.3, 0.4) is 0 Å². The predicted octanol–water partition coefficient (Wildman–Crippen LogP) is 5.79. The molecular formula is C28H30OSi. The van der Waals surface area contributed by atoms with Gasteiger partial charge in [-0.3, -0.25) is 0 Å². The van der Waals surface area contributed by atoms with E-state index in [0.717, 1.165) is 12.8 Å². The van der Waals surface area contributed by atoms with Gasteiger partial charge in [-0.15, -0.1) is 13.2 Å². The minimum absolute atomic E-state index is 0.246. The van der Waals surface area contributed by atoms with E-state index in [-0.39, 0.29) is 5.92 Å². The van der Waals surface area contributed by atoms with Crippen molar-refractivity contribution in [1.82, 2.24) is 0 Å². The fraction of sp³-hybridized carbons (Fsp3) is 0.143. The Kier molecular flexibility index (Phi) is 7.78. The Morgan fingerprint density at radius 3 is 1.73 bits per heavy atom. The largest absolute Gasteiger partial charge is 0.408 e. The molecule has 0 aromatic heterocycles. The van der Waals surface area contributed by atoms with Gasteiger partial charge < -0.3 is 4.43 Å². The molecule has 152 valence electrons. The van der Waals surface area contributed by atoms with Crippen LogP contribution in [0.25, 0.3) is 0 Å². The average molecular weight is 411 g/mol. The van der Waals surface area contributed by atoms with Gasteiger partial charge in [0.25, 0.3) is 8.32 Å². The zero-order valence-corrected chi connectivity index (χ0v) is 18.7. The quantitative estimate of drug-likeness (QED) is 0.303. The lowest BCUT2D eigenvalue weighted by Gasteiger charge is -2.31. The van der Waals surface area contributed by atoms with Crippen LogP contribution in [0, 0.1) is 0 Å². The van der Waals surface area contributed by atoms with E-state index in [0.29, 0.717) is 0 Å². The molecule has 1 nitrogen and oxygen atoms in total. The first-order chi connectivity index (χ1) is 14.7. The third-order valence-electron chi connectivity index (χ3n) is 5.55. The van der Waals surface area contributed by atoms with Crippen LogP contribution in [-0.4, -0.2) is 15.4 Å². The Morgan fingerprint density at radius 2 is 1.30 bits per heavy atom. The summed E-state index contributed by atoms with van der Waals surface area (Å²) < 4.78 is 6.45.